The highest BCUT2D eigenvalue weighted by Crippen LogP contribution is 2.38. The number of hydrogen-bond donors (Lipinski definition) is 1. The SMILES string of the molecule is FC(F)(F)c1nsc(N2CCCC3(CCCNC3)C2)n1. The maximum atomic E-state index is 12.6. The Labute approximate surface area is 119 Å². The van der Waals surface area contributed by atoms with Gasteiger partial charge in [0.05, 0.1) is 0 Å². The van der Waals surface area contributed by atoms with Gasteiger partial charge in [-0.1, -0.05) is 0 Å². The van der Waals surface area contributed by atoms with Gasteiger partial charge in [-0.25, -0.2) is 0 Å². The van der Waals surface area contributed by atoms with Crippen molar-refractivity contribution in [3.05, 3.63) is 5.82 Å². The summed E-state index contributed by atoms with van der Waals surface area (Å²) in [5, 5.41) is 3.81. The lowest BCUT2D eigenvalue weighted by atomic mass is 9.74. The molecule has 0 aliphatic carbocycles. The number of aromatic nitrogens is 2. The Morgan fingerprint density at radius 3 is 2.70 bits per heavy atom. The normalized spacial score (nSPS) is 28.1. The van der Waals surface area contributed by atoms with Crippen LogP contribution in [-0.2, 0) is 6.18 Å². The monoisotopic (exact) mass is 306 g/mol. The van der Waals surface area contributed by atoms with E-state index in [1.807, 2.05) is 4.90 Å². The van der Waals surface area contributed by atoms with E-state index in [0.29, 0.717) is 5.13 Å². The minimum absolute atomic E-state index is 0.195. The van der Waals surface area contributed by atoms with Crippen molar-refractivity contribution in [3.63, 3.8) is 0 Å². The first-order valence-corrected chi connectivity index (χ1v) is 7.63. The van der Waals surface area contributed by atoms with Gasteiger partial charge >= 0.3 is 6.18 Å². The Morgan fingerprint density at radius 1 is 1.25 bits per heavy atom. The average molecular weight is 306 g/mol. The summed E-state index contributed by atoms with van der Waals surface area (Å²) in [6.45, 7) is 3.55. The van der Waals surface area contributed by atoms with Crippen molar-refractivity contribution in [1.82, 2.24) is 14.7 Å². The molecule has 0 bridgehead atoms. The van der Waals surface area contributed by atoms with Gasteiger partial charge in [0.1, 0.15) is 0 Å². The van der Waals surface area contributed by atoms with E-state index in [9.17, 15) is 13.2 Å². The van der Waals surface area contributed by atoms with Crippen molar-refractivity contribution >= 4 is 16.7 Å². The molecular weight excluding hydrogens is 289 g/mol. The van der Waals surface area contributed by atoms with Crippen LogP contribution < -0.4 is 10.2 Å². The van der Waals surface area contributed by atoms with Crippen molar-refractivity contribution < 1.29 is 13.2 Å². The maximum Gasteiger partial charge on any atom is 0.452 e. The first kappa shape index (κ1) is 14.1. The van der Waals surface area contributed by atoms with Gasteiger partial charge in [-0.15, -0.1) is 0 Å². The fourth-order valence-corrected chi connectivity index (χ4v) is 3.92. The molecular formula is C12H17F3N4S. The summed E-state index contributed by atoms with van der Waals surface area (Å²) in [6, 6.07) is 0. The fourth-order valence-electron chi connectivity index (χ4n) is 3.21. The van der Waals surface area contributed by atoms with Crippen LogP contribution in [0.25, 0.3) is 0 Å². The minimum Gasteiger partial charge on any atom is -0.346 e. The van der Waals surface area contributed by atoms with Crippen molar-refractivity contribution in [3.8, 4) is 0 Å². The standard InChI is InChI=1S/C12H17F3N4S/c13-12(14,15)9-17-10(20-18-9)19-6-2-4-11(8-19)3-1-5-16-7-11/h16H,1-8H2. The lowest BCUT2D eigenvalue weighted by Crippen LogP contribution is -2.51. The van der Waals surface area contributed by atoms with E-state index in [1.54, 1.807) is 0 Å². The van der Waals surface area contributed by atoms with Crippen LogP contribution in [0.3, 0.4) is 0 Å². The van der Waals surface area contributed by atoms with E-state index >= 15 is 0 Å². The highest BCUT2D eigenvalue weighted by Gasteiger charge is 2.40. The first-order valence-electron chi connectivity index (χ1n) is 6.85. The molecule has 20 heavy (non-hydrogen) atoms. The Bertz CT molecular complexity index is 462. The Morgan fingerprint density at radius 2 is 2.05 bits per heavy atom. The van der Waals surface area contributed by atoms with Crippen molar-refractivity contribution in [1.29, 1.82) is 0 Å². The largest absolute Gasteiger partial charge is 0.452 e. The summed E-state index contributed by atoms with van der Waals surface area (Å²) in [7, 11) is 0. The third-order valence-corrected chi connectivity index (χ3v) is 4.94. The zero-order chi connectivity index (χ0) is 14.2. The van der Waals surface area contributed by atoms with E-state index in [4.69, 9.17) is 0 Å². The zero-order valence-corrected chi connectivity index (χ0v) is 11.9. The van der Waals surface area contributed by atoms with E-state index in [2.05, 4.69) is 14.7 Å². The number of halogens is 3. The van der Waals surface area contributed by atoms with Crippen LogP contribution in [0, 0.1) is 5.41 Å². The van der Waals surface area contributed by atoms with Crippen molar-refractivity contribution in [2.45, 2.75) is 31.9 Å². The summed E-state index contributed by atoms with van der Waals surface area (Å²) < 4.78 is 41.2. The van der Waals surface area contributed by atoms with Gasteiger partial charge in [0.25, 0.3) is 0 Å². The molecule has 1 spiro atoms. The third-order valence-electron chi connectivity index (χ3n) is 4.16. The molecule has 0 aromatic carbocycles. The molecule has 112 valence electrons. The number of hydrogen-bond acceptors (Lipinski definition) is 5. The van der Waals surface area contributed by atoms with Crippen LogP contribution in [0.5, 0.6) is 0 Å². The van der Waals surface area contributed by atoms with Gasteiger partial charge < -0.3 is 10.2 Å². The predicted octanol–water partition coefficient (Wildman–Crippen LogP) is 2.53. The molecule has 2 aliphatic rings. The summed E-state index contributed by atoms with van der Waals surface area (Å²) in [6.07, 6.45) is -0.0299. The quantitative estimate of drug-likeness (QED) is 0.865. The maximum absolute atomic E-state index is 12.6. The molecule has 0 amide bonds. The van der Waals surface area contributed by atoms with E-state index in [-0.39, 0.29) is 5.41 Å². The summed E-state index contributed by atoms with van der Waals surface area (Å²) in [5.74, 6) is -1.01. The lowest BCUT2D eigenvalue weighted by molar-refractivity contribution is -0.144. The predicted molar refractivity (Wildman–Crippen MR) is 70.9 cm³/mol. The van der Waals surface area contributed by atoms with Crippen LogP contribution in [0.2, 0.25) is 0 Å². The summed E-state index contributed by atoms with van der Waals surface area (Å²) in [4.78, 5) is 5.65. The summed E-state index contributed by atoms with van der Waals surface area (Å²) in [5.41, 5.74) is 0.195. The molecule has 0 saturated carbocycles. The average Bonchev–Trinajstić information content (AvgIpc) is 2.89. The van der Waals surface area contributed by atoms with Crippen molar-refractivity contribution in [2.24, 2.45) is 5.41 Å². The molecule has 1 aromatic heterocycles. The number of rotatable bonds is 1. The van der Waals surface area contributed by atoms with Gasteiger partial charge in [-0.3, -0.25) is 0 Å². The smallest absolute Gasteiger partial charge is 0.346 e. The van der Waals surface area contributed by atoms with Crippen molar-refractivity contribution in [2.75, 3.05) is 31.1 Å². The molecule has 4 nitrogen and oxygen atoms in total. The molecule has 0 radical (unpaired) electrons. The van der Waals surface area contributed by atoms with Gasteiger partial charge in [0.2, 0.25) is 11.0 Å². The molecule has 2 fully saturated rings. The van der Waals surface area contributed by atoms with Gasteiger partial charge in [-0.05, 0) is 32.2 Å². The number of alkyl halides is 3. The van der Waals surface area contributed by atoms with Crippen LogP contribution in [-0.4, -0.2) is 35.5 Å². The molecule has 1 atom stereocenters. The third kappa shape index (κ3) is 2.76. The second-order valence-electron chi connectivity index (χ2n) is 5.70. The van der Waals surface area contributed by atoms with E-state index in [0.717, 1.165) is 63.4 Å². The van der Waals surface area contributed by atoms with Gasteiger partial charge in [-0.2, -0.15) is 22.5 Å². The highest BCUT2D eigenvalue weighted by molar-refractivity contribution is 7.09. The molecule has 1 N–H and O–H groups in total. The number of piperidine rings is 2. The van der Waals surface area contributed by atoms with E-state index < -0.39 is 12.0 Å². The van der Waals surface area contributed by atoms with Gasteiger partial charge in [0, 0.05) is 36.6 Å². The van der Waals surface area contributed by atoms with Gasteiger partial charge in [0.15, 0.2) is 0 Å². The molecule has 1 unspecified atom stereocenters. The number of nitrogens with zero attached hydrogens (tertiary/aromatic N) is 3. The van der Waals surface area contributed by atoms with Crippen LogP contribution in [0.15, 0.2) is 0 Å². The second-order valence-corrected chi connectivity index (χ2v) is 6.43. The molecule has 8 heteroatoms. The Balaban J connectivity index is 1.75. The minimum atomic E-state index is -4.45. The van der Waals surface area contributed by atoms with Crippen LogP contribution in [0.4, 0.5) is 18.3 Å². The molecule has 2 aliphatic heterocycles. The Kier molecular flexibility index (Phi) is 3.62. The number of nitrogens with one attached hydrogen (secondary N) is 1. The fraction of sp³-hybridized carbons (Fsp3) is 0.833. The number of anilines is 1. The highest BCUT2D eigenvalue weighted by atomic mass is 32.1. The molecule has 3 heterocycles. The second kappa shape index (κ2) is 5.14. The molecule has 1 aromatic rings. The van der Waals surface area contributed by atoms with E-state index in [1.165, 1.54) is 0 Å². The van der Waals surface area contributed by atoms with Crippen LogP contribution in [0.1, 0.15) is 31.5 Å². The van der Waals surface area contributed by atoms with Crippen LogP contribution >= 0.6 is 11.5 Å². The first-order chi connectivity index (χ1) is 9.49. The Hall–Kier alpha value is -0.890. The topological polar surface area (TPSA) is 41.1 Å². The zero-order valence-electron chi connectivity index (χ0n) is 11.0. The summed E-state index contributed by atoms with van der Waals surface area (Å²) >= 11 is 0.855. The lowest BCUT2D eigenvalue weighted by Gasteiger charge is -2.45. The molecule has 3 rings (SSSR count). The molecule has 2 saturated heterocycles.